The second-order valence-corrected chi connectivity index (χ2v) is 9.14. The summed E-state index contributed by atoms with van der Waals surface area (Å²) in [6, 6.07) is 6.36. The molecule has 3 rings (SSSR count). The van der Waals surface area contributed by atoms with Gasteiger partial charge in [0, 0.05) is 12.5 Å². The van der Waals surface area contributed by atoms with Crippen LogP contribution >= 0.6 is 0 Å². The highest BCUT2D eigenvalue weighted by atomic mass is 19.4. The molecule has 0 bridgehead atoms. The Labute approximate surface area is 217 Å². The number of ether oxygens (including phenoxy) is 4. The molecule has 0 saturated carbocycles. The lowest BCUT2D eigenvalue weighted by Crippen LogP contribution is -2.60. The maximum absolute atomic E-state index is 14.2. The maximum Gasteiger partial charge on any atom is 0.508 e. The Balaban J connectivity index is 1.95. The number of aliphatic hydroxyl groups is 3. The summed E-state index contributed by atoms with van der Waals surface area (Å²) in [6.45, 7) is 6.03. The molecule has 1 fully saturated rings. The first-order chi connectivity index (χ1) is 17.9. The van der Waals surface area contributed by atoms with Gasteiger partial charge in [0.2, 0.25) is 12.2 Å². The monoisotopic (exact) mass is 546 g/mol. The highest BCUT2D eigenvalue weighted by molar-refractivity contribution is 5.59. The van der Waals surface area contributed by atoms with Gasteiger partial charge < -0.3 is 34.3 Å². The van der Waals surface area contributed by atoms with E-state index in [1.54, 1.807) is 19.1 Å². The standard InChI is InChI=1S/C25H33F3N2O8/c1-5-14-7-9-15(10-8-14)11-16-21(25(26,27)28)30(13(3)4)29-22(16)38-23-20(33)19(32)18(31)17(37-23)12-36-24(34)35-6-2/h7-10,13,17-20,23,31-33H,5-6,11-12H2,1-4H3/t17-,18-,19+,20-,23+/m1/s1. The van der Waals surface area contributed by atoms with Crippen molar-refractivity contribution >= 4 is 6.16 Å². The average molecular weight is 547 g/mol. The number of nitrogens with zero attached hydrogens (tertiary/aromatic N) is 2. The first kappa shape index (κ1) is 29.7. The van der Waals surface area contributed by atoms with Crippen molar-refractivity contribution < 1.29 is 52.2 Å². The van der Waals surface area contributed by atoms with Gasteiger partial charge in [-0.2, -0.15) is 13.2 Å². The van der Waals surface area contributed by atoms with E-state index in [2.05, 4.69) is 9.84 Å². The summed E-state index contributed by atoms with van der Waals surface area (Å²) in [5.41, 5.74) is 0.282. The molecule has 1 aliphatic rings. The number of hydrogen-bond acceptors (Lipinski definition) is 9. The SMILES string of the molecule is CCOC(=O)OC[C@H]1O[C@@H](Oc2nn(C(C)C)c(C(F)(F)F)c2Cc2ccc(CC)cc2)[C@H](O)[C@@H](O)[C@@H]1O. The number of aryl methyl sites for hydroxylation is 1. The topological polar surface area (TPSA) is 132 Å². The largest absolute Gasteiger partial charge is 0.508 e. The number of alkyl halides is 3. The van der Waals surface area contributed by atoms with Gasteiger partial charge in [-0.1, -0.05) is 31.2 Å². The zero-order valence-corrected chi connectivity index (χ0v) is 21.5. The molecule has 1 saturated heterocycles. The van der Waals surface area contributed by atoms with Crippen molar-refractivity contribution in [3.63, 3.8) is 0 Å². The molecule has 0 amide bonds. The fourth-order valence-corrected chi connectivity index (χ4v) is 4.04. The molecule has 13 heteroatoms. The zero-order chi connectivity index (χ0) is 28.2. The van der Waals surface area contributed by atoms with Crippen LogP contribution in [0.4, 0.5) is 18.0 Å². The number of aliphatic hydroxyl groups excluding tert-OH is 3. The normalized spacial score (nSPS) is 23.9. The number of rotatable bonds is 9. The molecule has 0 radical (unpaired) electrons. The minimum absolute atomic E-state index is 0.0317. The summed E-state index contributed by atoms with van der Waals surface area (Å²) in [5.74, 6) is -0.455. The van der Waals surface area contributed by atoms with Crippen LogP contribution in [-0.2, 0) is 33.2 Å². The first-order valence-electron chi connectivity index (χ1n) is 12.3. The minimum atomic E-state index is -4.78. The van der Waals surface area contributed by atoms with Gasteiger partial charge in [0.15, 0.2) is 0 Å². The van der Waals surface area contributed by atoms with Crippen LogP contribution in [0.1, 0.15) is 56.1 Å². The predicted molar refractivity (Wildman–Crippen MR) is 127 cm³/mol. The third-order valence-corrected chi connectivity index (χ3v) is 6.07. The zero-order valence-electron chi connectivity index (χ0n) is 21.5. The van der Waals surface area contributed by atoms with Crippen molar-refractivity contribution in [1.82, 2.24) is 9.78 Å². The molecule has 212 valence electrons. The van der Waals surface area contributed by atoms with Gasteiger partial charge in [0.25, 0.3) is 0 Å². The molecule has 0 unspecified atom stereocenters. The van der Waals surface area contributed by atoms with E-state index >= 15 is 0 Å². The van der Waals surface area contributed by atoms with Crippen LogP contribution in [0, 0.1) is 0 Å². The Morgan fingerprint density at radius 1 is 1.05 bits per heavy atom. The van der Waals surface area contributed by atoms with Crippen molar-refractivity contribution in [2.75, 3.05) is 13.2 Å². The summed E-state index contributed by atoms with van der Waals surface area (Å²) in [6.07, 6.45) is -13.7. The van der Waals surface area contributed by atoms with Crippen LogP contribution in [0.25, 0.3) is 0 Å². The van der Waals surface area contributed by atoms with Crippen LogP contribution in [0.2, 0.25) is 0 Å². The number of hydrogen-bond donors (Lipinski definition) is 3. The van der Waals surface area contributed by atoms with Gasteiger partial charge in [-0.3, -0.25) is 4.68 Å². The Bertz CT molecular complexity index is 1070. The van der Waals surface area contributed by atoms with Crippen molar-refractivity contribution in [3.8, 4) is 5.88 Å². The Hall–Kier alpha value is -2.87. The van der Waals surface area contributed by atoms with Gasteiger partial charge in [-0.25, -0.2) is 4.79 Å². The van der Waals surface area contributed by atoms with E-state index in [9.17, 15) is 33.3 Å². The van der Waals surface area contributed by atoms with Crippen LogP contribution in [0.3, 0.4) is 0 Å². The quantitative estimate of drug-likeness (QED) is 0.406. The molecule has 0 spiro atoms. The molecule has 2 heterocycles. The van der Waals surface area contributed by atoms with E-state index in [0.29, 0.717) is 5.56 Å². The second kappa shape index (κ2) is 12.3. The molecular formula is C25H33F3N2O8. The fourth-order valence-electron chi connectivity index (χ4n) is 4.04. The minimum Gasteiger partial charge on any atom is -0.443 e. The fraction of sp³-hybridized carbons (Fsp3) is 0.600. The number of benzene rings is 1. The summed E-state index contributed by atoms with van der Waals surface area (Å²) < 4.78 is 64.1. The molecule has 10 nitrogen and oxygen atoms in total. The Morgan fingerprint density at radius 2 is 1.68 bits per heavy atom. The number of carbonyl (C=O) groups is 1. The molecular weight excluding hydrogens is 513 g/mol. The summed E-state index contributed by atoms with van der Waals surface area (Å²) in [5, 5.41) is 35.1. The van der Waals surface area contributed by atoms with E-state index in [1.807, 2.05) is 19.1 Å². The van der Waals surface area contributed by atoms with E-state index in [0.717, 1.165) is 16.7 Å². The summed E-state index contributed by atoms with van der Waals surface area (Å²) in [4.78, 5) is 11.5. The lowest BCUT2D eigenvalue weighted by Gasteiger charge is -2.39. The average Bonchev–Trinajstić information content (AvgIpc) is 3.23. The molecule has 1 aromatic heterocycles. The highest BCUT2D eigenvalue weighted by Gasteiger charge is 2.47. The van der Waals surface area contributed by atoms with Crippen LogP contribution in [0.15, 0.2) is 24.3 Å². The lowest BCUT2D eigenvalue weighted by atomic mass is 9.99. The molecule has 1 aliphatic heterocycles. The molecule has 2 aromatic rings. The highest BCUT2D eigenvalue weighted by Crippen LogP contribution is 2.40. The smallest absolute Gasteiger partial charge is 0.443 e. The van der Waals surface area contributed by atoms with Crippen LogP contribution < -0.4 is 4.74 Å². The maximum atomic E-state index is 14.2. The van der Waals surface area contributed by atoms with Crippen molar-refractivity contribution in [3.05, 3.63) is 46.6 Å². The second-order valence-electron chi connectivity index (χ2n) is 9.14. The van der Waals surface area contributed by atoms with Gasteiger partial charge in [-0.15, -0.1) is 5.10 Å². The van der Waals surface area contributed by atoms with Gasteiger partial charge in [0.1, 0.15) is 36.7 Å². The van der Waals surface area contributed by atoms with Crippen LogP contribution in [0.5, 0.6) is 5.88 Å². The van der Waals surface area contributed by atoms with E-state index in [4.69, 9.17) is 14.2 Å². The lowest BCUT2D eigenvalue weighted by molar-refractivity contribution is -0.278. The van der Waals surface area contributed by atoms with Gasteiger partial charge >= 0.3 is 12.3 Å². The van der Waals surface area contributed by atoms with Crippen molar-refractivity contribution in [1.29, 1.82) is 0 Å². The van der Waals surface area contributed by atoms with Crippen LogP contribution in [-0.4, -0.2) is 75.2 Å². The van der Waals surface area contributed by atoms with Gasteiger partial charge in [0.05, 0.1) is 12.2 Å². The first-order valence-corrected chi connectivity index (χ1v) is 12.3. The molecule has 0 aliphatic carbocycles. The van der Waals surface area contributed by atoms with E-state index < -0.39 is 67.3 Å². The molecule has 3 N–H and O–H groups in total. The van der Waals surface area contributed by atoms with Crippen molar-refractivity contribution in [2.24, 2.45) is 0 Å². The van der Waals surface area contributed by atoms with Crippen molar-refractivity contribution in [2.45, 2.75) is 83.5 Å². The van der Waals surface area contributed by atoms with E-state index in [-0.39, 0.29) is 18.6 Å². The van der Waals surface area contributed by atoms with Gasteiger partial charge in [-0.05, 0) is 38.3 Å². The molecule has 38 heavy (non-hydrogen) atoms. The predicted octanol–water partition coefficient (Wildman–Crippen LogP) is 3.00. The molecule has 5 atom stereocenters. The summed E-state index contributed by atoms with van der Waals surface area (Å²) in [7, 11) is 0. The third kappa shape index (κ3) is 6.76. The number of carbonyl (C=O) groups excluding carboxylic acids is 1. The number of aromatic nitrogens is 2. The Morgan fingerprint density at radius 3 is 2.24 bits per heavy atom. The molecule has 1 aromatic carbocycles. The third-order valence-electron chi connectivity index (χ3n) is 6.07. The Kier molecular flexibility index (Phi) is 9.63. The van der Waals surface area contributed by atoms with E-state index in [1.165, 1.54) is 13.8 Å². The summed E-state index contributed by atoms with van der Waals surface area (Å²) >= 11 is 0. The number of halogens is 3.